The monoisotopic (exact) mass is 284 g/mol. The van der Waals surface area contributed by atoms with E-state index in [9.17, 15) is 4.79 Å². The van der Waals surface area contributed by atoms with Crippen molar-refractivity contribution in [2.24, 2.45) is 4.99 Å². The molecule has 1 heterocycles. The Balaban J connectivity index is 2.46. The van der Waals surface area contributed by atoms with Gasteiger partial charge in [0, 0.05) is 26.2 Å². The highest BCUT2D eigenvalue weighted by Crippen LogP contribution is 2.12. The number of likely N-dealkylation sites (tertiary alicyclic amines) is 1. The fourth-order valence-electron chi connectivity index (χ4n) is 2.12. The van der Waals surface area contributed by atoms with Gasteiger partial charge in [0.1, 0.15) is 5.60 Å². The molecule has 1 fully saturated rings. The van der Waals surface area contributed by atoms with E-state index in [2.05, 4.69) is 27.4 Å². The predicted octanol–water partition coefficient (Wildman–Crippen LogP) is 1.57. The Morgan fingerprint density at radius 1 is 1.40 bits per heavy atom. The van der Waals surface area contributed by atoms with Crippen LogP contribution in [0.1, 0.15) is 41.0 Å². The number of nitrogens with one attached hydrogen (secondary N) is 2. The van der Waals surface area contributed by atoms with Crippen molar-refractivity contribution in [2.75, 3.05) is 26.2 Å². The van der Waals surface area contributed by atoms with Crippen molar-refractivity contribution < 1.29 is 9.53 Å². The van der Waals surface area contributed by atoms with E-state index in [0.717, 1.165) is 38.6 Å². The summed E-state index contributed by atoms with van der Waals surface area (Å²) in [6, 6.07) is 0.116. The molecule has 1 unspecified atom stereocenters. The van der Waals surface area contributed by atoms with Crippen molar-refractivity contribution >= 4 is 12.1 Å². The maximum atomic E-state index is 11.7. The Hall–Kier alpha value is -1.46. The molecule has 0 saturated carbocycles. The number of carbonyl (C=O) groups is 1. The lowest BCUT2D eigenvalue weighted by Crippen LogP contribution is -2.44. The molecule has 6 heteroatoms. The van der Waals surface area contributed by atoms with Crippen molar-refractivity contribution in [3.8, 4) is 0 Å². The van der Waals surface area contributed by atoms with Gasteiger partial charge >= 0.3 is 6.09 Å². The lowest BCUT2D eigenvalue weighted by molar-refractivity contribution is 0.0507. The molecule has 1 saturated heterocycles. The highest BCUT2D eigenvalue weighted by Gasteiger charge is 2.27. The molecule has 1 aliphatic heterocycles. The van der Waals surface area contributed by atoms with E-state index < -0.39 is 5.60 Å². The van der Waals surface area contributed by atoms with Gasteiger partial charge in [-0.25, -0.2) is 4.79 Å². The van der Waals surface area contributed by atoms with Crippen LogP contribution in [0.25, 0.3) is 0 Å². The molecule has 1 aliphatic rings. The van der Waals surface area contributed by atoms with Gasteiger partial charge in [-0.05, 0) is 41.0 Å². The number of ether oxygens (including phenoxy) is 1. The van der Waals surface area contributed by atoms with Crippen LogP contribution >= 0.6 is 0 Å². The topological polar surface area (TPSA) is 66.0 Å². The molecule has 0 bridgehead atoms. The number of alkyl carbamates (subject to hydrolysis) is 1. The number of rotatable bonds is 3. The van der Waals surface area contributed by atoms with Gasteiger partial charge in [-0.1, -0.05) is 0 Å². The second-order valence-electron chi connectivity index (χ2n) is 5.91. The lowest BCUT2D eigenvalue weighted by atomic mass is 10.2. The number of hydrogen-bond acceptors (Lipinski definition) is 3. The molecule has 1 rings (SSSR count). The first-order valence-corrected chi connectivity index (χ1v) is 7.38. The normalized spacial score (nSPS) is 19.9. The Morgan fingerprint density at radius 2 is 2.10 bits per heavy atom. The van der Waals surface area contributed by atoms with Crippen LogP contribution in [0, 0.1) is 0 Å². The largest absolute Gasteiger partial charge is 0.444 e. The molecular formula is C14H28N4O2. The van der Waals surface area contributed by atoms with Crippen LogP contribution in [0.15, 0.2) is 4.99 Å². The van der Waals surface area contributed by atoms with Crippen molar-refractivity contribution in [1.82, 2.24) is 15.5 Å². The molecule has 0 aromatic heterocycles. The average molecular weight is 284 g/mol. The summed E-state index contributed by atoms with van der Waals surface area (Å²) in [6.45, 7) is 12.9. The number of hydrogen-bond donors (Lipinski definition) is 2. The summed E-state index contributed by atoms with van der Waals surface area (Å²) in [7, 11) is 0. The van der Waals surface area contributed by atoms with Crippen molar-refractivity contribution in [3.63, 3.8) is 0 Å². The SMILES string of the molecule is CCN=C(NCC)N1CCC(NC(=O)OC(C)(C)C)C1. The molecule has 2 N–H and O–H groups in total. The average Bonchev–Trinajstić information content (AvgIpc) is 2.74. The van der Waals surface area contributed by atoms with Gasteiger partial charge in [0.25, 0.3) is 0 Å². The molecule has 1 atom stereocenters. The predicted molar refractivity (Wildman–Crippen MR) is 81.0 cm³/mol. The van der Waals surface area contributed by atoms with Crippen molar-refractivity contribution in [2.45, 2.75) is 52.7 Å². The minimum atomic E-state index is -0.457. The molecular weight excluding hydrogens is 256 g/mol. The highest BCUT2D eigenvalue weighted by atomic mass is 16.6. The number of nitrogens with zero attached hydrogens (tertiary/aromatic N) is 2. The molecule has 0 aliphatic carbocycles. The first-order valence-electron chi connectivity index (χ1n) is 7.38. The Bertz CT molecular complexity index is 350. The smallest absolute Gasteiger partial charge is 0.407 e. The maximum Gasteiger partial charge on any atom is 0.407 e. The fraction of sp³-hybridized carbons (Fsp3) is 0.857. The lowest BCUT2D eigenvalue weighted by Gasteiger charge is -2.23. The molecule has 6 nitrogen and oxygen atoms in total. The second kappa shape index (κ2) is 7.36. The van der Waals surface area contributed by atoms with Gasteiger partial charge in [-0.15, -0.1) is 0 Å². The summed E-state index contributed by atoms with van der Waals surface area (Å²) in [6.07, 6.45) is 0.565. The Kier molecular flexibility index (Phi) is 6.10. The third kappa shape index (κ3) is 5.67. The number of aliphatic imine (C=N–C) groups is 1. The minimum Gasteiger partial charge on any atom is -0.444 e. The molecule has 0 spiro atoms. The van der Waals surface area contributed by atoms with Gasteiger partial charge < -0.3 is 20.3 Å². The third-order valence-electron chi connectivity index (χ3n) is 2.85. The quantitative estimate of drug-likeness (QED) is 0.610. The number of amides is 1. The van der Waals surface area contributed by atoms with Crippen LogP contribution in [0.5, 0.6) is 0 Å². The second-order valence-corrected chi connectivity index (χ2v) is 5.91. The van der Waals surface area contributed by atoms with Crippen molar-refractivity contribution in [1.29, 1.82) is 0 Å². The first kappa shape index (κ1) is 16.6. The summed E-state index contributed by atoms with van der Waals surface area (Å²) >= 11 is 0. The fourth-order valence-corrected chi connectivity index (χ4v) is 2.12. The zero-order valence-electron chi connectivity index (χ0n) is 13.3. The van der Waals surface area contributed by atoms with Crippen LogP contribution < -0.4 is 10.6 Å². The summed E-state index contributed by atoms with van der Waals surface area (Å²) in [4.78, 5) is 18.4. The van der Waals surface area contributed by atoms with Crippen LogP contribution in [0.3, 0.4) is 0 Å². The Morgan fingerprint density at radius 3 is 2.65 bits per heavy atom. The van der Waals surface area contributed by atoms with E-state index in [1.807, 2.05) is 27.7 Å². The summed E-state index contributed by atoms with van der Waals surface area (Å²) < 4.78 is 5.28. The zero-order valence-corrected chi connectivity index (χ0v) is 13.3. The molecule has 0 aromatic carbocycles. The van der Waals surface area contributed by atoms with Gasteiger partial charge in [-0.3, -0.25) is 4.99 Å². The van der Waals surface area contributed by atoms with E-state index in [-0.39, 0.29) is 12.1 Å². The third-order valence-corrected chi connectivity index (χ3v) is 2.85. The van der Waals surface area contributed by atoms with Crippen LogP contribution in [-0.2, 0) is 4.74 Å². The van der Waals surface area contributed by atoms with Gasteiger partial charge in [0.15, 0.2) is 5.96 Å². The van der Waals surface area contributed by atoms with Crippen LogP contribution in [0.4, 0.5) is 4.79 Å². The van der Waals surface area contributed by atoms with Crippen LogP contribution in [-0.4, -0.2) is 54.8 Å². The standard InChI is InChI=1S/C14H28N4O2/c1-6-15-12(16-7-2)18-9-8-11(10-18)17-13(19)20-14(3,4)5/h11H,6-10H2,1-5H3,(H,15,16)(H,17,19). The zero-order chi connectivity index (χ0) is 15.2. The Labute approximate surface area is 122 Å². The van der Waals surface area contributed by atoms with E-state index in [1.165, 1.54) is 0 Å². The maximum absolute atomic E-state index is 11.7. The van der Waals surface area contributed by atoms with E-state index in [0.29, 0.717) is 0 Å². The molecule has 0 radical (unpaired) electrons. The number of guanidine groups is 1. The van der Waals surface area contributed by atoms with E-state index in [1.54, 1.807) is 0 Å². The van der Waals surface area contributed by atoms with Gasteiger partial charge in [0.2, 0.25) is 0 Å². The summed E-state index contributed by atoms with van der Waals surface area (Å²) in [5, 5.41) is 6.19. The van der Waals surface area contributed by atoms with E-state index in [4.69, 9.17) is 4.74 Å². The first-order chi connectivity index (χ1) is 9.35. The van der Waals surface area contributed by atoms with Crippen LogP contribution in [0.2, 0.25) is 0 Å². The number of carbonyl (C=O) groups excluding carboxylic acids is 1. The molecule has 116 valence electrons. The highest BCUT2D eigenvalue weighted by molar-refractivity contribution is 5.80. The van der Waals surface area contributed by atoms with Crippen molar-refractivity contribution in [3.05, 3.63) is 0 Å². The van der Waals surface area contributed by atoms with Gasteiger partial charge in [0.05, 0.1) is 6.04 Å². The molecule has 1 amide bonds. The van der Waals surface area contributed by atoms with Gasteiger partial charge in [-0.2, -0.15) is 0 Å². The molecule has 0 aromatic rings. The summed E-state index contributed by atoms with van der Waals surface area (Å²) in [5.41, 5.74) is -0.457. The molecule has 20 heavy (non-hydrogen) atoms. The minimum absolute atomic E-state index is 0.116. The van der Waals surface area contributed by atoms with E-state index >= 15 is 0 Å². The summed E-state index contributed by atoms with van der Waals surface area (Å²) in [5.74, 6) is 0.920.